The molecule has 4 rings (SSSR count). The molecule has 2 heterocycles. The largest absolute Gasteiger partial charge is 0.310 e. The van der Waals surface area contributed by atoms with Gasteiger partial charge in [-0.15, -0.1) is 0 Å². The average Bonchev–Trinajstić information content (AvgIpc) is 3.22. The van der Waals surface area contributed by atoms with Gasteiger partial charge in [-0.2, -0.15) is 11.3 Å². The molecule has 0 amide bonds. The van der Waals surface area contributed by atoms with Gasteiger partial charge in [-0.1, -0.05) is 30.3 Å². The van der Waals surface area contributed by atoms with Gasteiger partial charge in [-0.05, 0) is 47.2 Å². The lowest BCUT2D eigenvalue weighted by Gasteiger charge is -2.36. The first-order chi connectivity index (χ1) is 11.7. The molecule has 1 aromatic heterocycles. The number of hydrogen-bond acceptors (Lipinski definition) is 3. The van der Waals surface area contributed by atoms with Gasteiger partial charge in [0.1, 0.15) is 5.67 Å². The van der Waals surface area contributed by atoms with Crippen molar-refractivity contribution in [2.24, 2.45) is 0 Å². The predicted octanol–water partition coefficient (Wildman–Crippen LogP) is 4.20. The average molecular weight is 344 g/mol. The number of thiophene rings is 1. The Bertz CT molecular complexity index is 635. The van der Waals surface area contributed by atoms with E-state index in [4.69, 9.17) is 0 Å². The maximum atomic E-state index is 15.1. The minimum Gasteiger partial charge on any atom is -0.310 e. The molecular formula is C20H25FN2S. The molecule has 1 N–H and O–H groups in total. The topological polar surface area (TPSA) is 15.3 Å². The van der Waals surface area contributed by atoms with Crippen molar-refractivity contribution in [1.29, 1.82) is 0 Å². The number of rotatable bonds is 6. The maximum Gasteiger partial charge on any atom is 0.125 e. The highest BCUT2D eigenvalue weighted by atomic mass is 32.1. The van der Waals surface area contributed by atoms with Crippen LogP contribution in [0.1, 0.15) is 36.3 Å². The fraction of sp³-hybridized carbons (Fsp3) is 0.500. The summed E-state index contributed by atoms with van der Waals surface area (Å²) in [5.74, 6) is 0.577. The molecule has 2 aliphatic rings. The Morgan fingerprint density at radius 2 is 1.96 bits per heavy atom. The van der Waals surface area contributed by atoms with Crippen LogP contribution in [-0.2, 0) is 6.54 Å². The molecule has 128 valence electrons. The predicted molar refractivity (Wildman–Crippen MR) is 98.3 cm³/mol. The number of alkyl halides is 1. The first-order valence-electron chi connectivity index (χ1n) is 8.93. The zero-order valence-corrected chi connectivity index (χ0v) is 14.8. The van der Waals surface area contributed by atoms with E-state index in [0.29, 0.717) is 31.3 Å². The molecule has 1 aliphatic carbocycles. The third-order valence-corrected chi connectivity index (χ3v) is 6.17. The molecule has 2 fully saturated rings. The number of nitrogens with zero attached hydrogens (tertiary/aromatic N) is 1. The van der Waals surface area contributed by atoms with E-state index < -0.39 is 5.67 Å². The highest BCUT2D eigenvalue weighted by Gasteiger charge is 2.41. The number of hydrogen-bond donors (Lipinski definition) is 1. The molecule has 0 radical (unpaired) electrons. The molecule has 4 heteroatoms. The number of benzene rings is 1. The highest BCUT2D eigenvalue weighted by molar-refractivity contribution is 7.07. The summed E-state index contributed by atoms with van der Waals surface area (Å²) in [6.45, 7) is 3.20. The van der Waals surface area contributed by atoms with Crippen molar-refractivity contribution < 1.29 is 4.39 Å². The Morgan fingerprint density at radius 3 is 2.67 bits per heavy atom. The molecule has 0 bridgehead atoms. The second-order valence-electron chi connectivity index (χ2n) is 7.30. The molecule has 2 aromatic rings. The van der Waals surface area contributed by atoms with Crippen molar-refractivity contribution in [1.82, 2.24) is 10.2 Å². The van der Waals surface area contributed by atoms with Crippen molar-refractivity contribution in [3.63, 3.8) is 0 Å². The van der Waals surface area contributed by atoms with Gasteiger partial charge in [0.05, 0.1) is 0 Å². The van der Waals surface area contributed by atoms with Crippen molar-refractivity contribution in [2.75, 3.05) is 19.6 Å². The fourth-order valence-electron chi connectivity index (χ4n) is 3.73. The molecule has 24 heavy (non-hydrogen) atoms. The van der Waals surface area contributed by atoms with Crippen molar-refractivity contribution in [3.05, 3.63) is 58.3 Å². The van der Waals surface area contributed by atoms with Crippen LogP contribution in [0.2, 0.25) is 0 Å². The smallest absolute Gasteiger partial charge is 0.125 e. The van der Waals surface area contributed by atoms with Gasteiger partial charge in [-0.25, -0.2) is 4.39 Å². The maximum absolute atomic E-state index is 15.1. The van der Waals surface area contributed by atoms with E-state index in [1.54, 1.807) is 11.3 Å². The zero-order valence-electron chi connectivity index (χ0n) is 14.0. The summed E-state index contributed by atoms with van der Waals surface area (Å²) in [6, 6.07) is 13.2. The van der Waals surface area contributed by atoms with Crippen molar-refractivity contribution >= 4 is 11.3 Å². The van der Waals surface area contributed by atoms with Gasteiger partial charge in [0.15, 0.2) is 0 Å². The standard InChI is InChI=1S/C20H25FN2S/c21-20(7-9-23(10-8-20)13-16-6-11-24-14-16)15-22-19-12-18(19)17-4-2-1-3-5-17/h1-6,11,14,18-19,22H,7-10,12-13,15H2. The van der Waals surface area contributed by atoms with E-state index in [1.165, 1.54) is 11.1 Å². The molecule has 2 atom stereocenters. The molecule has 0 spiro atoms. The van der Waals surface area contributed by atoms with Gasteiger partial charge in [-0.3, -0.25) is 4.90 Å². The van der Waals surface area contributed by atoms with Crippen molar-refractivity contribution in [3.8, 4) is 0 Å². The zero-order chi connectivity index (χ0) is 16.4. The summed E-state index contributed by atoms with van der Waals surface area (Å²) >= 11 is 1.73. The van der Waals surface area contributed by atoms with E-state index in [1.807, 2.05) is 0 Å². The quantitative estimate of drug-likeness (QED) is 0.845. The fourth-order valence-corrected chi connectivity index (χ4v) is 4.39. The normalized spacial score (nSPS) is 26.4. The van der Waals surface area contributed by atoms with Gasteiger partial charge < -0.3 is 5.32 Å². The van der Waals surface area contributed by atoms with Crippen LogP contribution in [-0.4, -0.2) is 36.2 Å². The van der Waals surface area contributed by atoms with E-state index in [-0.39, 0.29) is 0 Å². The van der Waals surface area contributed by atoms with Gasteiger partial charge >= 0.3 is 0 Å². The van der Waals surface area contributed by atoms with Crippen LogP contribution in [0.3, 0.4) is 0 Å². The lowest BCUT2D eigenvalue weighted by atomic mass is 9.93. The van der Waals surface area contributed by atoms with Crippen LogP contribution in [0, 0.1) is 0 Å². The van der Waals surface area contributed by atoms with Crippen LogP contribution < -0.4 is 5.32 Å². The highest BCUT2D eigenvalue weighted by Crippen LogP contribution is 2.41. The lowest BCUT2D eigenvalue weighted by molar-refractivity contribution is 0.0544. The minimum atomic E-state index is -1.03. The number of halogens is 1. The van der Waals surface area contributed by atoms with E-state index in [9.17, 15) is 0 Å². The van der Waals surface area contributed by atoms with Crippen LogP contribution >= 0.6 is 11.3 Å². The number of piperidine rings is 1. The summed E-state index contributed by atoms with van der Waals surface area (Å²) in [5.41, 5.74) is 1.70. The molecule has 1 saturated heterocycles. The Morgan fingerprint density at radius 1 is 1.17 bits per heavy atom. The van der Waals surface area contributed by atoms with Crippen LogP contribution in [0.25, 0.3) is 0 Å². The Hall–Kier alpha value is -1.23. The number of nitrogens with one attached hydrogen (secondary N) is 1. The third kappa shape index (κ3) is 3.88. The van der Waals surface area contributed by atoms with Crippen LogP contribution in [0.15, 0.2) is 47.2 Å². The van der Waals surface area contributed by atoms with Gasteiger partial charge in [0.2, 0.25) is 0 Å². The molecule has 1 aliphatic heterocycles. The summed E-state index contributed by atoms with van der Waals surface area (Å²) < 4.78 is 15.1. The summed E-state index contributed by atoms with van der Waals surface area (Å²) in [7, 11) is 0. The van der Waals surface area contributed by atoms with E-state index in [2.05, 4.69) is 57.4 Å². The Labute approximate surface area is 147 Å². The Balaban J connectivity index is 1.22. The molecule has 2 unspecified atom stereocenters. The summed E-state index contributed by atoms with van der Waals surface area (Å²) in [5, 5.41) is 7.79. The SMILES string of the molecule is FC1(CNC2CC2c2ccccc2)CCN(Cc2ccsc2)CC1. The van der Waals surface area contributed by atoms with Crippen LogP contribution in [0.4, 0.5) is 4.39 Å². The van der Waals surface area contributed by atoms with Crippen LogP contribution in [0.5, 0.6) is 0 Å². The van der Waals surface area contributed by atoms with Gasteiger partial charge in [0, 0.05) is 38.1 Å². The summed E-state index contributed by atoms with van der Waals surface area (Å²) in [6.07, 6.45) is 2.43. The Kier molecular flexibility index (Phi) is 4.70. The summed E-state index contributed by atoms with van der Waals surface area (Å²) in [4.78, 5) is 2.38. The monoisotopic (exact) mass is 344 g/mol. The van der Waals surface area contributed by atoms with E-state index >= 15 is 4.39 Å². The molecule has 1 saturated carbocycles. The second-order valence-corrected chi connectivity index (χ2v) is 8.08. The molecule has 1 aromatic carbocycles. The molecule has 2 nitrogen and oxygen atoms in total. The first kappa shape index (κ1) is 16.2. The van der Waals surface area contributed by atoms with E-state index in [0.717, 1.165) is 26.1 Å². The molecular weight excluding hydrogens is 319 g/mol. The second kappa shape index (κ2) is 6.95. The first-order valence-corrected chi connectivity index (χ1v) is 9.87. The third-order valence-electron chi connectivity index (χ3n) is 5.44. The lowest BCUT2D eigenvalue weighted by Crippen LogP contribution is -2.47. The minimum absolute atomic E-state index is 0.462. The van der Waals surface area contributed by atoms with Gasteiger partial charge in [0.25, 0.3) is 0 Å². The van der Waals surface area contributed by atoms with Crippen molar-refractivity contribution in [2.45, 2.75) is 43.4 Å². The number of likely N-dealkylation sites (tertiary alicyclic amines) is 1.